The van der Waals surface area contributed by atoms with E-state index in [1.165, 1.54) is 47.5 Å². The number of pyridine rings is 1. The van der Waals surface area contributed by atoms with E-state index in [4.69, 9.17) is 14.7 Å². The van der Waals surface area contributed by atoms with Gasteiger partial charge in [-0.15, -0.1) is 0 Å². The fourth-order valence-electron chi connectivity index (χ4n) is 5.69. The van der Waals surface area contributed by atoms with Gasteiger partial charge in [-0.3, -0.25) is 4.98 Å². The average Bonchev–Trinajstić information content (AvgIpc) is 2.97. The lowest BCUT2D eigenvalue weighted by atomic mass is 10.0. The summed E-state index contributed by atoms with van der Waals surface area (Å²) >= 11 is 0. The van der Waals surface area contributed by atoms with Gasteiger partial charge in [0.05, 0.1) is 41.6 Å². The molecule has 0 amide bonds. The minimum Gasteiger partial charge on any atom is -0.383 e. The first kappa shape index (κ1) is 27.2. The van der Waals surface area contributed by atoms with Crippen LogP contribution in [0.4, 0.5) is 28.7 Å². The Morgan fingerprint density at radius 1 is 0.974 bits per heavy atom. The summed E-state index contributed by atoms with van der Waals surface area (Å²) in [6, 6.07) is 8.58. The molecule has 3 aromatic rings. The fraction of sp³-hybridized carbons (Fsp3) is 0.516. The number of ether oxygens (including phenoxy) is 1. The van der Waals surface area contributed by atoms with E-state index < -0.39 is 0 Å². The zero-order valence-electron chi connectivity index (χ0n) is 24.0. The van der Waals surface area contributed by atoms with Gasteiger partial charge in [0, 0.05) is 50.9 Å². The Labute approximate surface area is 233 Å². The van der Waals surface area contributed by atoms with E-state index in [1.54, 1.807) is 0 Å². The van der Waals surface area contributed by atoms with Gasteiger partial charge >= 0.3 is 0 Å². The number of fused-ring (bicyclic) bond motifs is 1. The summed E-state index contributed by atoms with van der Waals surface area (Å²) in [7, 11) is 1.81. The van der Waals surface area contributed by atoms with Crippen LogP contribution in [0.15, 0.2) is 36.7 Å². The molecule has 8 heteroatoms. The number of aryl methyl sites for hydroxylation is 1. The highest BCUT2D eigenvalue weighted by Gasteiger charge is 2.22. The minimum atomic E-state index is 0.389. The van der Waals surface area contributed by atoms with Crippen molar-refractivity contribution in [1.82, 2.24) is 15.0 Å². The average molecular weight is 530 g/mol. The molecule has 2 aliphatic rings. The van der Waals surface area contributed by atoms with Crippen molar-refractivity contribution >= 4 is 28.7 Å². The molecule has 8 nitrogen and oxygen atoms in total. The first-order valence-electron chi connectivity index (χ1n) is 14.5. The number of unbranched alkanes of at least 4 members (excludes halogenated alkanes) is 2. The van der Waals surface area contributed by atoms with Crippen LogP contribution in [0.1, 0.15) is 61.5 Å². The third kappa shape index (κ3) is 6.44. The molecule has 1 fully saturated rings. The van der Waals surface area contributed by atoms with Crippen molar-refractivity contribution in [3.05, 3.63) is 59.2 Å². The van der Waals surface area contributed by atoms with Gasteiger partial charge in [-0.05, 0) is 74.9 Å². The smallest absolute Gasteiger partial charge is 0.227 e. The fourth-order valence-corrected chi connectivity index (χ4v) is 5.69. The molecule has 208 valence electrons. The Balaban J connectivity index is 1.25. The molecule has 0 bridgehead atoms. The number of anilines is 5. The molecule has 1 aromatic carbocycles. The number of piperidine rings is 1. The third-order valence-corrected chi connectivity index (χ3v) is 8.13. The Morgan fingerprint density at radius 2 is 1.77 bits per heavy atom. The SMILES string of the molecule is CCCCCNc1c(C)ncc(N2CCc3cnc(Nc4ccc(N5CCC(OC)CC5)cc4)nc3C2)c1C. The summed E-state index contributed by atoms with van der Waals surface area (Å²) < 4.78 is 5.51. The number of hydrogen-bond donors (Lipinski definition) is 2. The Bertz CT molecular complexity index is 1240. The van der Waals surface area contributed by atoms with E-state index in [2.05, 4.69) is 70.5 Å². The molecule has 0 atom stereocenters. The number of methoxy groups -OCH3 is 1. The summed E-state index contributed by atoms with van der Waals surface area (Å²) in [5.41, 5.74) is 9.23. The second kappa shape index (κ2) is 12.6. The van der Waals surface area contributed by atoms with Crippen LogP contribution in [0.2, 0.25) is 0 Å². The third-order valence-electron chi connectivity index (χ3n) is 8.13. The molecular weight excluding hydrogens is 486 g/mol. The Morgan fingerprint density at radius 3 is 2.51 bits per heavy atom. The van der Waals surface area contributed by atoms with E-state index in [0.29, 0.717) is 12.1 Å². The van der Waals surface area contributed by atoms with E-state index in [1.807, 2.05) is 19.5 Å². The van der Waals surface area contributed by atoms with Crippen molar-refractivity contribution in [2.24, 2.45) is 0 Å². The van der Waals surface area contributed by atoms with Crippen LogP contribution in [0.5, 0.6) is 0 Å². The maximum absolute atomic E-state index is 5.51. The number of hydrogen-bond acceptors (Lipinski definition) is 8. The first-order valence-corrected chi connectivity index (χ1v) is 14.5. The van der Waals surface area contributed by atoms with Crippen molar-refractivity contribution in [2.45, 2.75) is 71.9 Å². The van der Waals surface area contributed by atoms with Crippen LogP contribution in [0.3, 0.4) is 0 Å². The summed E-state index contributed by atoms with van der Waals surface area (Å²) in [6.07, 6.45) is 11.1. The topological polar surface area (TPSA) is 78.4 Å². The van der Waals surface area contributed by atoms with Crippen molar-refractivity contribution < 1.29 is 4.74 Å². The van der Waals surface area contributed by atoms with Crippen molar-refractivity contribution in [1.29, 1.82) is 0 Å². The predicted molar refractivity (Wildman–Crippen MR) is 160 cm³/mol. The highest BCUT2D eigenvalue weighted by molar-refractivity contribution is 5.67. The van der Waals surface area contributed by atoms with E-state index in [0.717, 1.165) is 69.1 Å². The first-order chi connectivity index (χ1) is 19.1. The summed E-state index contributed by atoms with van der Waals surface area (Å²) in [5.74, 6) is 0.640. The molecule has 5 rings (SSSR count). The standard InChI is InChI=1S/C31H43N7O/c1-5-6-7-15-32-30-22(2)29(20-33-23(30)3)38-16-12-24-19-34-31(36-28(24)21-38)35-25-8-10-26(11-9-25)37-17-13-27(39-4)14-18-37/h8-11,19-20,27,32H,5-7,12-18,21H2,1-4H3,(H,34,35,36). The van der Waals surface area contributed by atoms with Crippen molar-refractivity contribution in [2.75, 3.05) is 53.7 Å². The van der Waals surface area contributed by atoms with Gasteiger partial charge in [0.25, 0.3) is 0 Å². The predicted octanol–water partition coefficient (Wildman–Crippen LogP) is 6.01. The van der Waals surface area contributed by atoms with Gasteiger partial charge in [-0.25, -0.2) is 9.97 Å². The highest BCUT2D eigenvalue weighted by atomic mass is 16.5. The lowest BCUT2D eigenvalue weighted by molar-refractivity contribution is 0.0819. The van der Waals surface area contributed by atoms with Gasteiger partial charge in [-0.2, -0.15) is 0 Å². The molecule has 0 unspecified atom stereocenters. The van der Waals surface area contributed by atoms with Crippen LogP contribution >= 0.6 is 0 Å². The van der Waals surface area contributed by atoms with Crippen molar-refractivity contribution in [3.63, 3.8) is 0 Å². The molecule has 0 aliphatic carbocycles. The molecule has 2 aromatic heterocycles. The van der Waals surface area contributed by atoms with E-state index in [9.17, 15) is 0 Å². The van der Waals surface area contributed by atoms with Crippen LogP contribution in [-0.2, 0) is 17.7 Å². The minimum absolute atomic E-state index is 0.389. The normalized spacial score (nSPS) is 15.8. The van der Waals surface area contributed by atoms with Crippen LogP contribution < -0.4 is 20.4 Å². The van der Waals surface area contributed by atoms with Gasteiger partial charge in [0.15, 0.2) is 0 Å². The molecule has 2 N–H and O–H groups in total. The molecule has 4 heterocycles. The lowest BCUT2D eigenvalue weighted by Crippen LogP contribution is -2.36. The van der Waals surface area contributed by atoms with E-state index >= 15 is 0 Å². The molecular formula is C31H43N7O. The van der Waals surface area contributed by atoms with E-state index in [-0.39, 0.29) is 0 Å². The lowest BCUT2D eigenvalue weighted by Gasteiger charge is -2.33. The van der Waals surface area contributed by atoms with Gasteiger partial charge < -0.3 is 25.2 Å². The number of benzene rings is 1. The van der Waals surface area contributed by atoms with Crippen LogP contribution in [-0.4, -0.2) is 54.3 Å². The monoisotopic (exact) mass is 529 g/mol. The maximum Gasteiger partial charge on any atom is 0.227 e. The van der Waals surface area contributed by atoms with Gasteiger partial charge in [0.2, 0.25) is 5.95 Å². The van der Waals surface area contributed by atoms with Crippen LogP contribution in [0, 0.1) is 13.8 Å². The second-order valence-corrected chi connectivity index (χ2v) is 10.8. The summed E-state index contributed by atoms with van der Waals surface area (Å²) in [4.78, 5) is 19.1. The second-order valence-electron chi connectivity index (χ2n) is 10.8. The Hall–Kier alpha value is -3.39. The molecule has 2 aliphatic heterocycles. The van der Waals surface area contributed by atoms with Gasteiger partial charge in [-0.1, -0.05) is 19.8 Å². The maximum atomic E-state index is 5.51. The quantitative estimate of drug-likeness (QED) is 0.309. The van der Waals surface area contributed by atoms with Crippen molar-refractivity contribution in [3.8, 4) is 0 Å². The van der Waals surface area contributed by atoms with Crippen LogP contribution in [0.25, 0.3) is 0 Å². The zero-order valence-corrected chi connectivity index (χ0v) is 24.0. The highest BCUT2D eigenvalue weighted by Crippen LogP contribution is 2.32. The molecule has 39 heavy (non-hydrogen) atoms. The Kier molecular flexibility index (Phi) is 8.81. The summed E-state index contributed by atoms with van der Waals surface area (Å²) in [6.45, 7) is 11.3. The number of aromatic nitrogens is 3. The molecule has 0 saturated carbocycles. The number of rotatable bonds is 10. The number of nitrogens with zero attached hydrogens (tertiary/aromatic N) is 5. The number of nitrogens with one attached hydrogen (secondary N) is 2. The molecule has 0 radical (unpaired) electrons. The molecule has 0 spiro atoms. The van der Waals surface area contributed by atoms with Gasteiger partial charge in [0.1, 0.15) is 0 Å². The molecule has 1 saturated heterocycles. The summed E-state index contributed by atoms with van der Waals surface area (Å²) in [5, 5.41) is 7.06. The largest absolute Gasteiger partial charge is 0.383 e. The zero-order chi connectivity index (χ0) is 27.2.